The molecule has 2 atom stereocenters. The van der Waals surface area contributed by atoms with Gasteiger partial charge in [-0.2, -0.15) is 0 Å². The Morgan fingerprint density at radius 3 is 2.29 bits per heavy atom. The number of thiazole rings is 1. The highest BCUT2D eigenvalue weighted by molar-refractivity contribution is 7.12. The van der Waals surface area contributed by atoms with Gasteiger partial charge in [0.2, 0.25) is 0 Å². The number of likely N-dealkylation sites (tertiary alicyclic amines) is 2. The molecule has 3 aromatic rings. The third kappa shape index (κ3) is 4.97. The van der Waals surface area contributed by atoms with Crippen LogP contribution in [0.25, 0.3) is 11.5 Å². The summed E-state index contributed by atoms with van der Waals surface area (Å²) in [4.78, 5) is 42.6. The van der Waals surface area contributed by atoms with Crippen molar-refractivity contribution in [2.45, 2.75) is 20.3 Å². The number of rotatable bonds is 7. The summed E-state index contributed by atoms with van der Waals surface area (Å²) in [5, 5.41) is 1.93. The first kappa shape index (κ1) is 23.6. The van der Waals surface area contributed by atoms with E-state index in [9.17, 15) is 9.59 Å². The second kappa shape index (κ2) is 9.83. The minimum absolute atomic E-state index is 0.000939. The molecule has 8 nitrogen and oxygen atoms in total. The Morgan fingerprint density at radius 1 is 1.03 bits per heavy atom. The van der Waals surface area contributed by atoms with Crippen LogP contribution >= 0.6 is 11.3 Å². The molecule has 0 saturated carbocycles. The number of fused-ring (bicyclic) bond motifs is 1. The van der Waals surface area contributed by atoms with Crippen LogP contribution in [-0.4, -0.2) is 69.3 Å². The number of carbonyl (C=O) groups is 2. The van der Waals surface area contributed by atoms with Gasteiger partial charge in [0.1, 0.15) is 5.69 Å². The number of aryl methyl sites for hydroxylation is 2. The Hall–Kier alpha value is -3.17. The summed E-state index contributed by atoms with van der Waals surface area (Å²) >= 11 is 1.16. The van der Waals surface area contributed by atoms with Gasteiger partial charge in [-0.15, -0.1) is 11.3 Å². The lowest BCUT2D eigenvalue weighted by atomic mass is 10.0. The Labute approximate surface area is 209 Å². The fourth-order valence-corrected chi connectivity index (χ4v) is 5.88. The van der Waals surface area contributed by atoms with E-state index in [0.717, 1.165) is 50.5 Å². The Kier molecular flexibility index (Phi) is 6.62. The summed E-state index contributed by atoms with van der Waals surface area (Å²) in [6.45, 7) is 8.34. The number of nitrogens with zero attached hydrogens (tertiary/aromatic N) is 5. The zero-order valence-electron chi connectivity index (χ0n) is 20.0. The van der Waals surface area contributed by atoms with Crippen LogP contribution < -0.4 is 5.73 Å². The molecule has 2 amide bonds. The van der Waals surface area contributed by atoms with Crippen LogP contribution in [0, 0.1) is 32.1 Å². The van der Waals surface area contributed by atoms with Gasteiger partial charge in [-0.3, -0.25) is 9.59 Å². The number of benzene rings is 1. The second-order valence-electron chi connectivity index (χ2n) is 9.39. The van der Waals surface area contributed by atoms with Crippen molar-refractivity contribution >= 4 is 23.2 Å². The standard InChI is InChI=1S/C26H29N6O2S/c1-16-22(17(2)29-24(28-16)21-15-35-25(30-21)23(27)33)26(34)32-13-19-11-31(12-20(19)14-32)10-6-9-18-7-4-3-5-8-18/h3-5,7-9,15,19-20H,6,10-14H2,1-2H3,(H2,27,33)/t19-,20?/m0/s1. The molecule has 5 rings (SSSR count). The highest BCUT2D eigenvalue weighted by atomic mass is 32.1. The lowest BCUT2D eigenvalue weighted by molar-refractivity contribution is 0.0771. The van der Waals surface area contributed by atoms with E-state index in [1.807, 2.05) is 24.8 Å². The molecule has 2 aliphatic rings. The Balaban J connectivity index is 1.19. The normalized spacial score (nSPS) is 19.8. The number of amides is 2. The summed E-state index contributed by atoms with van der Waals surface area (Å²) in [5.74, 6) is 0.855. The molecule has 1 radical (unpaired) electrons. The van der Waals surface area contributed by atoms with Gasteiger partial charge in [-0.05, 0) is 50.6 Å². The molecule has 0 aliphatic carbocycles. The number of nitrogens with two attached hydrogens (primary N) is 1. The first-order valence-electron chi connectivity index (χ1n) is 11.9. The largest absolute Gasteiger partial charge is 0.364 e. The molecule has 35 heavy (non-hydrogen) atoms. The molecule has 4 heterocycles. The fourth-order valence-electron chi connectivity index (χ4n) is 5.23. The minimum Gasteiger partial charge on any atom is -0.364 e. The molecular weight excluding hydrogens is 460 g/mol. The third-order valence-corrected chi connectivity index (χ3v) is 7.76. The fraction of sp³-hybridized carbons (Fsp3) is 0.385. The van der Waals surface area contributed by atoms with Gasteiger partial charge in [-0.25, -0.2) is 15.0 Å². The monoisotopic (exact) mass is 489 g/mol. The molecule has 0 spiro atoms. The average Bonchev–Trinajstić information content (AvgIpc) is 3.54. The first-order chi connectivity index (χ1) is 16.9. The predicted molar refractivity (Wildman–Crippen MR) is 135 cm³/mol. The minimum atomic E-state index is -0.575. The van der Waals surface area contributed by atoms with Crippen molar-refractivity contribution in [3.05, 3.63) is 69.7 Å². The number of carbonyl (C=O) groups excluding carboxylic acids is 2. The van der Waals surface area contributed by atoms with Crippen LogP contribution in [0.3, 0.4) is 0 Å². The smallest absolute Gasteiger partial charge is 0.277 e. The number of hydrogen-bond acceptors (Lipinski definition) is 7. The van der Waals surface area contributed by atoms with Crippen LogP contribution in [0.1, 0.15) is 43.5 Å². The van der Waals surface area contributed by atoms with Gasteiger partial charge in [-0.1, -0.05) is 30.3 Å². The average molecular weight is 490 g/mol. The van der Waals surface area contributed by atoms with Crippen molar-refractivity contribution in [2.75, 3.05) is 32.7 Å². The SMILES string of the molecule is Cc1nc(-c2csc(C(N)=O)n2)nc(C)c1C(=O)N1CC2CN(CC[CH]c3ccccc3)C[C@H]2C1. The van der Waals surface area contributed by atoms with Crippen molar-refractivity contribution in [1.29, 1.82) is 0 Å². The summed E-state index contributed by atoms with van der Waals surface area (Å²) in [6, 6.07) is 10.4. The van der Waals surface area contributed by atoms with E-state index in [4.69, 9.17) is 5.73 Å². The van der Waals surface area contributed by atoms with Gasteiger partial charge < -0.3 is 15.5 Å². The lowest BCUT2D eigenvalue weighted by Crippen LogP contribution is -2.34. The van der Waals surface area contributed by atoms with Crippen molar-refractivity contribution in [3.63, 3.8) is 0 Å². The molecule has 2 fully saturated rings. The number of aromatic nitrogens is 3. The van der Waals surface area contributed by atoms with Crippen LogP contribution in [0.4, 0.5) is 0 Å². The quantitative estimate of drug-likeness (QED) is 0.547. The van der Waals surface area contributed by atoms with Crippen LogP contribution in [-0.2, 0) is 0 Å². The molecule has 181 valence electrons. The highest BCUT2D eigenvalue weighted by Gasteiger charge is 2.42. The summed E-state index contributed by atoms with van der Waals surface area (Å²) < 4.78 is 0. The Bertz CT molecular complexity index is 1210. The number of primary amides is 1. The molecule has 1 unspecified atom stereocenters. The molecule has 1 aromatic carbocycles. The summed E-state index contributed by atoms with van der Waals surface area (Å²) in [7, 11) is 0. The van der Waals surface area contributed by atoms with E-state index in [2.05, 4.69) is 50.5 Å². The predicted octanol–water partition coefficient (Wildman–Crippen LogP) is 2.96. The van der Waals surface area contributed by atoms with E-state index in [0.29, 0.717) is 40.3 Å². The van der Waals surface area contributed by atoms with E-state index in [-0.39, 0.29) is 10.9 Å². The van der Waals surface area contributed by atoms with E-state index in [1.165, 1.54) is 5.56 Å². The maximum absolute atomic E-state index is 13.4. The highest BCUT2D eigenvalue weighted by Crippen LogP contribution is 2.33. The molecule has 2 N–H and O–H groups in total. The van der Waals surface area contributed by atoms with Gasteiger partial charge >= 0.3 is 0 Å². The van der Waals surface area contributed by atoms with Crippen LogP contribution in [0.15, 0.2) is 35.7 Å². The molecule has 2 saturated heterocycles. The zero-order valence-corrected chi connectivity index (χ0v) is 20.8. The van der Waals surface area contributed by atoms with Crippen LogP contribution in [0.2, 0.25) is 0 Å². The molecule has 0 bridgehead atoms. The maximum Gasteiger partial charge on any atom is 0.277 e. The molecule has 9 heteroatoms. The number of hydrogen-bond donors (Lipinski definition) is 1. The Morgan fingerprint density at radius 2 is 1.69 bits per heavy atom. The second-order valence-corrected chi connectivity index (χ2v) is 10.2. The van der Waals surface area contributed by atoms with Crippen molar-refractivity contribution in [1.82, 2.24) is 24.8 Å². The topological polar surface area (TPSA) is 105 Å². The maximum atomic E-state index is 13.4. The van der Waals surface area contributed by atoms with E-state index in [1.54, 1.807) is 5.38 Å². The summed E-state index contributed by atoms with van der Waals surface area (Å²) in [6.07, 6.45) is 3.33. The van der Waals surface area contributed by atoms with Gasteiger partial charge in [0.15, 0.2) is 10.8 Å². The van der Waals surface area contributed by atoms with Gasteiger partial charge in [0, 0.05) is 31.6 Å². The van der Waals surface area contributed by atoms with Gasteiger partial charge in [0.05, 0.1) is 17.0 Å². The zero-order chi connectivity index (χ0) is 24.5. The van der Waals surface area contributed by atoms with Crippen molar-refractivity contribution < 1.29 is 9.59 Å². The first-order valence-corrected chi connectivity index (χ1v) is 12.8. The van der Waals surface area contributed by atoms with Crippen molar-refractivity contribution in [2.24, 2.45) is 17.6 Å². The van der Waals surface area contributed by atoms with Gasteiger partial charge in [0.25, 0.3) is 11.8 Å². The third-order valence-electron chi connectivity index (χ3n) is 6.90. The van der Waals surface area contributed by atoms with E-state index < -0.39 is 5.91 Å². The lowest BCUT2D eigenvalue weighted by Gasteiger charge is -2.22. The van der Waals surface area contributed by atoms with Crippen LogP contribution in [0.5, 0.6) is 0 Å². The molecule has 2 aromatic heterocycles. The molecule has 2 aliphatic heterocycles. The molecular formula is C26H29N6O2S. The van der Waals surface area contributed by atoms with Crippen molar-refractivity contribution in [3.8, 4) is 11.5 Å². The van der Waals surface area contributed by atoms with E-state index >= 15 is 0 Å². The summed E-state index contributed by atoms with van der Waals surface area (Å²) in [5.41, 5.74) is 8.89.